The number of hydrogen-bond donors (Lipinski definition) is 11. The average Bonchev–Trinajstić information content (AvgIpc) is 3.33. The summed E-state index contributed by atoms with van der Waals surface area (Å²) in [5.41, 5.74) is 5.81. The molecule has 3 aromatic carbocycles. The number of Topliss-reactive ketones (excluding diaryl/α,β-unsaturated/α-hetero) is 4. The minimum atomic E-state index is -3.56. The molecule has 0 spiro atoms. The van der Waals surface area contributed by atoms with E-state index in [-0.39, 0.29) is 67.6 Å². The number of phenols is 2. The first-order chi connectivity index (χ1) is 35.3. The Bertz CT molecular complexity index is 3440. The molecule has 392 valence electrons. The molecule has 0 aromatic heterocycles. The highest BCUT2D eigenvalue weighted by Gasteiger charge is 2.62. The van der Waals surface area contributed by atoms with Crippen molar-refractivity contribution in [2.24, 2.45) is 35.1 Å². The van der Waals surface area contributed by atoms with E-state index in [1.165, 1.54) is 25.3 Å². The molecule has 75 heavy (non-hydrogen) atoms. The topological polar surface area (TPSA) is 373 Å². The third-order valence-electron chi connectivity index (χ3n) is 15.2. The number of aliphatic hydroxyl groups is 5. The van der Waals surface area contributed by atoms with E-state index in [1.54, 1.807) is 31.2 Å². The molecule has 0 heterocycles. The largest absolute Gasteiger partial charge is 0.508 e. The van der Waals surface area contributed by atoms with Crippen LogP contribution >= 0.6 is 0 Å². The zero-order valence-electron chi connectivity index (χ0n) is 40.6. The summed E-state index contributed by atoms with van der Waals surface area (Å²) >= 11 is 0. The van der Waals surface area contributed by atoms with E-state index in [4.69, 9.17) is 20.9 Å². The van der Waals surface area contributed by atoms with Crippen LogP contribution in [0.15, 0.2) is 82.0 Å². The first-order valence-corrected chi connectivity index (χ1v) is 25.7. The summed E-state index contributed by atoms with van der Waals surface area (Å²) in [5, 5.41) is 84.1. The van der Waals surface area contributed by atoms with Crippen LogP contribution in [0.3, 0.4) is 0 Å². The van der Waals surface area contributed by atoms with Crippen molar-refractivity contribution in [2.45, 2.75) is 69.3 Å². The number of methoxy groups -OCH3 is 1. The molecule has 2 amide bonds. The van der Waals surface area contributed by atoms with Crippen LogP contribution in [0, 0.1) is 35.5 Å². The summed E-state index contributed by atoms with van der Waals surface area (Å²) in [5.74, 6) is -8.29. The summed E-state index contributed by atoms with van der Waals surface area (Å²) in [4.78, 5) is 79.6. The van der Waals surface area contributed by atoms with Gasteiger partial charge in [-0.3, -0.25) is 28.8 Å². The summed E-state index contributed by atoms with van der Waals surface area (Å²) in [6, 6.07) is 10.8. The Kier molecular flexibility index (Phi) is 13.1. The van der Waals surface area contributed by atoms with Crippen molar-refractivity contribution in [3.8, 4) is 40.2 Å². The Morgan fingerprint density at radius 1 is 0.787 bits per heavy atom. The van der Waals surface area contributed by atoms with E-state index in [0.717, 1.165) is 6.26 Å². The fourth-order valence-electron chi connectivity index (χ4n) is 11.8. The Morgan fingerprint density at radius 2 is 1.37 bits per heavy atom. The Hall–Kier alpha value is -7.81. The third-order valence-corrected chi connectivity index (χ3v) is 15.8. The molecule has 6 aliphatic carbocycles. The maximum atomic E-state index is 14.7. The first kappa shape index (κ1) is 52.1. The quantitative estimate of drug-likeness (QED) is 0.0905. The number of allylic oxidation sites excluding steroid dienone is 1. The molecule has 0 bridgehead atoms. The second kappa shape index (κ2) is 18.8. The van der Waals surface area contributed by atoms with Gasteiger partial charge in [0.05, 0.1) is 31.0 Å². The predicted molar refractivity (Wildman–Crippen MR) is 264 cm³/mol. The van der Waals surface area contributed by atoms with Gasteiger partial charge >= 0.3 is 0 Å². The highest BCUT2D eigenvalue weighted by atomic mass is 32.2. The fourth-order valence-corrected chi connectivity index (χ4v) is 12.1. The molecule has 1 unspecified atom stereocenters. The number of primary amides is 2. The van der Waals surface area contributed by atoms with Crippen LogP contribution in [0.5, 0.6) is 17.2 Å². The minimum Gasteiger partial charge on any atom is -0.508 e. The number of aliphatic hydroxyl groups excluding tert-OH is 3. The van der Waals surface area contributed by atoms with Gasteiger partial charge in [0.15, 0.2) is 28.6 Å². The summed E-state index contributed by atoms with van der Waals surface area (Å²) in [7, 11) is -2.12. The number of rotatable bonds is 12. The fraction of sp³-hybridized carbons (Fsp3) is 0.358. The van der Waals surface area contributed by atoms with Crippen molar-refractivity contribution in [3.05, 3.63) is 115 Å². The van der Waals surface area contributed by atoms with Crippen molar-refractivity contribution in [1.29, 1.82) is 0 Å². The van der Waals surface area contributed by atoms with Crippen LogP contribution in [-0.2, 0) is 58.1 Å². The van der Waals surface area contributed by atoms with Gasteiger partial charge in [-0.25, -0.2) is 13.1 Å². The van der Waals surface area contributed by atoms with E-state index in [1.807, 2.05) is 0 Å². The molecule has 9 rings (SSSR count). The van der Waals surface area contributed by atoms with Gasteiger partial charge in [0.1, 0.15) is 57.5 Å². The number of amides is 2. The standard InChI is InChI=1S/C53H52N4O17S/c1-22(74-49-39-26(15-28-19-36(61)43(51(55)68)48(66)53(28,49)70)16-30-24(5-4-12-57-75(3,71)72)7-9-33(58)40(30)45(39)63)20-56-21-23-6-11-37(73-2)31(13-23)29-8-10-34(59)41-32(29)17-25-14-27-18-35(60)42(50(54)67)47(65)52(27,69)46(64)38(25)44(41)62/h6-11,13,22,25-28,56-59,62,65-66,69-70H,12,14-21H2,1-3H3,(H2,54,67)(H2,55,68)/t22?,25-,26-,27+,28+,52+,53-/m1/s1. The predicted octanol–water partition coefficient (Wildman–Crippen LogP) is 1.53. The number of ketones is 4. The number of hydrogen-bond acceptors (Lipinski definition) is 18. The molecule has 7 atom stereocenters. The molecular weight excluding hydrogens is 997 g/mol. The van der Waals surface area contributed by atoms with E-state index < -0.39 is 144 Å². The lowest BCUT2D eigenvalue weighted by Crippen LogP contribution is -2.58. The molecule has 6 aliphatic rings. The number of ether oxygens (including phenoxy) is 2. The second-order valence-corrected chi connectivity index (χ2v) is 21.6. The normalized spacial score (nSPS) is 25.5. The zero-order chi connectivity index (χ0) is 54.4. The number of nitrogens with one attached hydrogen (secondary N) is 2. The van der Waals surface area contributed by atoms with E-state index in [9.17, 15) is 72.9 Å². The highest BCUT2D eigenvalue weighted by Crippen LogP contribution is 2.56. The first-order valence-electron chi connectivity index (χ1n) is 23.8. The molecule has 0 saturated heterocycles. The number of sulfonamides is 1. The number of carbonyl (C=O) groups is 6. The molecule has 0 aliphatic heterocycles. The minimum absolute atomic E-state index is 0.0143. The lowest BCUT2D eigenvalue weighted by Gasteiger charge is -2.48. The van der Waals surface area contributed by atoms with E-state index in [0.29, 0.717) is 39.1 Å². The van der Waals surface area contributed by atoms with Crippen LogP contribution in [0.2, 0.25) is 0 Å². The monoisotopic (exact) mass is 1050 g/mol. The Morgan fingerprint density at radius 3 is 2.00 bits per heavy atom. The maximum absolute atomic E-state index is 14.7. The number of aromatic hydroxyl groups is 2. The number of phenolic OH excluding ortho intramolecular Hbond substituents is 2. The van der Waals surface area contributed by atoms with Gasteiger partial charge in [0.2, 0.25) is 15.8 Å². The van der Waals surface area contributed by atoms with Crippen molar-refractivity contribution in [3.63, 3.8) is 0 Å². The van der Waals surface area contributed by atoms with Gasteiger partial charge < -0.3 is 62.0 Å². The Labute approximate surface area is 428 Å². The van der Waals surface area contributed by atoms with E-state index in [2.05, 4.69) is 21.9 Å². The number of benzene rings is 3. The molecular formula is C53H52N4O17S. The zero-order valence-corrected chi connectivity index (χ0v) is 41.4. The average molecular weight is 1050 g/mol. The molecule has 0 radical (unpaired) electrons. The smallest absolute Gasteiger partial charge is 0.255 e. The second-order valence-electron chi connectivity index (χ2n) is 19.8. The summed E-state index contributed by atoms with van der Waals surface area (Å²) in [6.45, 7) is 1.52. The van der Waals surface area contributed by atoms with Crippen molar-refractivity contribution in [2.75, 3.05) is 26.5 Å². The van der Waals surface area contributed by atoms with Crippen molar-refractivity contribution >= 4 is 50.7 Å². The highest BCUT2D eigenvalue weighted by molar-refractivity contribution is 7.88. The SMILES string of the molecule is COc1ccc(CNCC(C)OC2=C3C(=O)c4c(O)ccc(C#CCNS(C)(=O)=O)c4C[C@H]3C[C@H]3CC(=O)C(C(N)=O)=C(O)[C@@]23O)cc1-c1ccc(O)c2c1C[C@H]1C[C@H]3CC(=O)C(C(N)=O)=C(O)[C@@]3(O)C(=O)C1=C2O. The van der Waals surface area contributed by atoms with Gasteiger partial charge in [-0.1, -0.05) is 24.0 Å². The van der Waals surface area contributed by atoms with Crippen molar-refractivity contribution in [1.82, 2.24) is 10.0 Å². The number of nitrogens with two attached hydrogens (primary N) is 2. The summed E-state index contributed by atoms with van der Waals surface area (Å²) < 4.78 is 37.7. The molecule has 21 nitrogen and oxygen atoms in total. The van der Waals surface area contributed by atoms with Gasteiger partial charge in [-0.05, 0) is 97.0 Å². The van der Waals surface area contributed by atoms with Crippen LogP contribution in [0.1, 0.15) is 70.8 Å². The van der Waals surface area contributed by atoms with Gasteiger partial charge in [-0.15, -0.1) is 0 Å². The molecule has 13 N–H and O–H groups in total. The van der Waals surface area contributed by atoms with Crippen LogP contribution < -0.4 is 26.2 Å². The third kappa shape index (κ3) is 8.49. The van der Waals surface area contributed by atoms with Gasteiger partial charge in [0.25, 0.3) is 11.8 Å². The maximum Gasteiger partial charge on any atom is 0.255 e. The molecule has 22 heteroatoms. The lowest BCUT2D eigenvalue weighted by atomic mass is 9.59. The molecule has 1 saturated carbocycles. The van der Waals surface area contributed by atoms with E-state index >= 15 is 0 Å². The van der Waals surface area contributed by atoms with Gasteiger partial charge in [-0.2, -0.15) is 0 Å². The van der Waals surface area contributed by atoms with Crippen molar-refractivity contribution < 1.29 is 82.4 Å². The van der Waals surface area contributed by atoms with Crippen LogP contribution in [0.25, 0.3) is 16.9 Å². The number of carbonyl (C=O) groups excluding carboxylic acids is 6. The molecule has 1 fully saturated rings. The lowest BCUT2D eigenvalue weighted by molar-refractivity contribution is -0.147. The molecule has 3 aromatic rings. The van der Waals surface area contributed by atoms with Crippen LogP contribution in [-0.4, -0.2) is 123 Å². The number of fused-ring (bicyclic) bond motifs is 6. The Balaban J connectivity index is 1.02. The summed E-state index contributed by atoms with van der Waals surface area (Å²) in [6.07, 6.45) is -0.928. The van der Waals surface area contributed by atoms with Gasteiger partial charge in [0, 0.05) is 60.0 Å². The van der Waals surface area contributed by atoms with Crippen LogP contribution in [0.4, 0.5) is 0 Å².